The van der Waals surface area contributed by atoms with E-state index in [0.29, 0.717) is 17.7 Å². The van der Waals surface area contributed by atoms with Crippen LogP contribution in [0.15, 0.2) is 48.5 Å². The zero-order valence-corrected chi connectivity index (χ0v) is 17.1. The molecule has 4 heteroatoms. The molecule has 2 aromatic carbocycles. The number of fused-ring (bicyclic) bond motifs is 4. The molecule has 0 spiro atoms. The number of phenols is 1. The highest BCUT2D eigenvalue weighted by Crippen LogP contribution is 2.56. The van der Waals surface area contributed by atoms with Gasteiger partial charge in [0.25, 0.3) is 0 Å². The second-order valence-corrected chi connectivity index (χ2v) is 9.61. The molecule has 1 heterocycles. The molecule has 1 unspecified atom stereocenters. The first-order valence-electron chi connectivity index (χ1n) is 10.7. The van der Waals surface area contributed by atoms with Crippen molar-refractivity contribution in [3.05, 3.63) is 65.2 Å². The number of nitrogens with zero attached hydrogens (tertiary/aromatic N) is 1. The Balaban J connectivity index is 1.41. The Labute approximate surface area is 172 Å². The van der Waals surface area contributed by atoms with E-state index in [9.17, 15) is 15.0 Å². The van der Waals surface area contributed by atoms with E-state index in [4.69, 9.17) is 0 Å². The lowest BCUT2D eigenvalue weighted by Crippen LogP contribution is -2.58. The predicted octanol–water partition coefficient (Wildman–Crippen LogP) is 3.96. The van der Waals surface area contributed by atoms with E-state index >= 15 is 0 Å². The molecular weight excluding hydrogens is 362 g/mol. The zero-order chi connectivity index (χ0) is 20.4. The smallest absolute Gasteiger partial charge is 0.314 e. The molecule has 1 saturated carbocycles. The minimum atomic E-state index is -0.719. The summed E-state index contributed by atoms with van der Waals surface area (Å²) in [4.78, 5) is 14.8. The van der Waals surface area contributed by atoms with E-state index in [0.717, 1.165) is 37.9 Å². The monoisotopic (exact) mass is 391 g/mol. The first-order valence-corrected chi connectivity index (χ1v) is 10.7. The van der Waals surface area contributed by atoms with Crippen molar-refractivity contribution in [3.63, 3.8) is 0 Å². The zero-order valence-electron chi connectivity index (χ0n) is 17.1. The number of carboxylic acids is 1. The van der Waals surface area contributed by atoms with Gasteiger partial charge in [0.15, 0.2) is 0 Å². The van der Waals surface area contributed by atoms with E-state index in [1.54, 1.807) is 6.07 Å². The van der Waals surface area contributed by atoms with Crippen LogP contribution in [0.2, 0.25) is 0 Å². The van der Waals surface area contributed by atoms with Crippen LogP contribution in [0.1, 0.15) is 43.4 Å². The molecule has 1 saturated heterocycles. The fraction of sp³-hybridized carbons (Fsp3) is 0.480. The standard InChI is InChI=1S/C25H29NO3/c1-16-22-12-17-8-9-20(27)13-21(17)24(16,2)10-11-26(22)15-19-14-25(19,23(28)29)18-6-4-3-5-7-18/h3-9,13,16,19,22,27H,10-12,14-15H2,1-2H3,(H,28,29)/t16?,19-,22+,24+,25+/m0/s1. The number of carboxylic acid groups (broad SMARTS) is 1. The van der Waals surface area contributed by atoms with Crippen molar-refractivity contribution in [2.45, 2.75) is 50.0 Å². The van der Waals surface area contributed by atoms with Crippen molar-refractivity contribution in [2.24, 2.45) is 11.8 Å². The summed E-state index contributed by atoms with van der Waals surface area (Å²) in [6.45, 7) is 6.50. The molecule has 152 valence electrons. The molecule has 2 fully saturated rings. The molecule has 5 atom stereocenters. The molecule has 3 aliphatic rings. The van der Waals surface area contributed by atoms with E-state index in [-0.39, 0.29) is 11.3 Å². The Kier molecular flexibility index (Phi) is 4.08. The molecule has 0 amide bonds. The summed E-state index contributed by atoms with van der Waals surface area (Å²) in [6, 6.07) is 16.0. The molecule has 4 nitrogen and oxygen atoms in total. The lowest BCUT2D eigenvalue weighted by atomic mass is 9.59. The van der Waals surface area contributed by atoms with E-state index in [2.05, 4.69) is 24.8 Å². The van der Waals surface area contributed by atoms with Crippen LogP contribution in [0, 0.1) is 11.8 Å². The van der Waals surface area contributed by atoms with Gasteiger partial charge in [-0.3, -0.25) is 9.69 Å². The van der Waals surface area contributed by atoms with Crippen LogP contribution in [0.4, 0.5) is 0 Å². The second kappa shape index (κ2) is 6.33. The van der Waals surface area contributed by atoms with Gasteiger partial charge < -0.3 is 10.2 Å². The topological polar surface area (TPSA) is 60.8 Å². The van der Waals surface area contributed by atoms with E-state index in [1.807, 2.05) is 36.4 Å². The molecule has 0 radical (unpaired) electrons. The number of likely N-dealkylation sites (tertiary alicyclic amines) is 1. The van der Waals surface area contributed by atoms with Crippen molar-refractivity contribution >= 4 is 5.97 Å². The van der Waals surface area contributed by atoms with Gasteiger partial charge in [-0.05, 0) is 71.9 Å². The maximum absolute atomic E-state index is 12.2. The summed E-state index contributed by atoms with van der Waals surface area (Å²) in [5.41, 5.74) is 2.93. The maximum Gasteiger partial charge on any atom is 0.314 e. The van der Waals surface area contributed by atoms with Gasteiger partial charge in [0, 0.05) is 12.6 Å². The third-order valence-electron chi connectivity index (χ3n) is 8.34. The van der Waals surface area contributed by atoms with Gasteiger partial charge >= 0.3 is 5.97 Å². The third-order valence-corrected chi connectivity index (χ3v) is 8.34. The van der Waals surface area contributed by atoms with Crippen LogP contribution in [-0.4, -0.2) is 40.2 Å². The number of aliphatic carboxylic acids is 1. The number of benzene rings is 2. The third kappa shape index (κ3) is 2.65. The SMILES string of the molecule is CC1[C@H]2Cc3ccc(O)cc3[C@]1(C)CCN2C[C@@H]1C[C@@]1(C(=O)O)c1ccccc1. The summed E-state index contributed by atoms with van der Waals surface area (Å²) >= 11 is 0. The van der Waals surface area contributed by atoms with Crippen molar-refractivity contribution in [1.82, 2.24) is 4.90 Å². The van der Waals surface area contributed by atoms with Crippen LogP contribution in [0.3, 0.4) is 0 Å². The Morgan fingerprint density at radius 3 is 2.69 bits per heavy atom. The highest BCUT2D eigenvalue weighted by molar-refractivity contribution is 5.86. The van der Waals surface area contributed by atoms with Crippen LogP contribution < -0.4 is 0 Å². The Morgan fingerprint density at radius 1 is 1.21 bits per heavy atom. The molecule has 2 bridgehead atoms. The number of rotatable bonds is 4. The summed E-state index contributed by atoms with van der Waals surface area (Å²) in [7, 11) is 0. The summed E-state index contributed by atoms with van der Waals surface area (Å²) in [5.74, 6) is 0.304. The fourth-order valence-electron chi connectivity index (χ4n) is 6.23. The average molecular weight is 392 g/mol. The molecular formula is C25H29NO3. The number of hydrogen-bond donors (Lipinski definition) is 2. The fourth-order valence-corrected chi connectivity index (χ4v) is 6.23. The number of aromatic hydroxyl groups is 1. The van der Waals surface area contributed by atoms with E-state index in [1.165, 1.54) is 11.1 Å². The molecule has 1 aliphatic heterocycles. The molecule has 2 aromatic rings. The second-order valence-electron chi connectivity index (χ2n) is 9.61. The normalized spacial score (nSPS) is 35.7. The Morgan fingerprint density at radius 2 is 1.97 bits per heavy atom. The minimum Gasteiger partial charge on any atom is -0.508 e. The van der Waals surface area contributed by atoms with Crippen molar-refractivity contribution < 1.29 is 15.0 Å². The van der Waals surface area contributed by atoms with Gasteiger partial charge in [-0.25, -0.2) is 0 Å². The van der Waals surface area contributed by atoms with Crippen LogP contribution in [0.5, 0.6) is 5.75 Å². The van der Waals surface area contributed by atoms with Crippen molar-refractivity contribution in [1.29, 1.82) is 0 Å². The van der Waals surface area contributed by atoms with Crippen molar-refractivity contribution in [2.75, 3.05) is 13.1 Å². The van der Waals surface area contributed by atoms with Gasteiger partial charge in [-0.1, -0.05) is 50.2 Å². The molecule has 2 aliphatic carbocycles. The molecule has 2 N–H and O–H groups in total. The highest BCUT2D eigenvalue weighted by Gasteiger charge is 2.62. The predicted molar refractivity (Wildman–Crippen MR) is 112 cm³/mol. The molecule has 0 aromatic heterocycles. The van der Waals surface area contributed by atoms with E-state index < -0.39 is 11.4 Å². The first-order chi connectivity index (χ1) is 13.9. The van der Waals surface area contributed by atoms with Crippen molar-refractivity contribution in [3.8, 4) is 5.75 Å². The summed E-state index contributed by atoms with van der Waals surface area (Å²) in [5, 5.41) is 20.1. The summed E-state index contributed by atoms with van der Waals surface area (Å²) < 4.78 is 0. The number of hydrogen-bond acceptors (Lipinski definition) is 3. The Hall–Kier alpha value is -2.33. The Bertz CT molecular complexity index is 958. The van der Waals surface area contributed by atoms with Crippen LogP contribution >= 0.6 is 0 Å². The van der Waals surface area contributed by atoms with Gasteiger partial charge in [-0.15, -0.1) is 0 Å². The lowest BCUT2D eigenvalue weighted by Gasteiger charge is -2.54. The highest BCUT2D eigenvalue weighted by atomic mass is 16.4. The number of phenolic OH excluding ortho intramolecular Hbond substituents is 1. The van der Waals surface area contributed by atoms with Gasteiger partial charge in [0.1, 0.15) is 5.75 Å². The van der Waals surface area contributed by atoms with Crippen LogP contribution in [0.25, 0.3) is 0 Å². The van der Waals surface area contributed by atoms with Gasteiger partial charge in [-0.2, -0.15) is 0 Å². The average Bonchev–Trinajstić information content (AvgIpc) is 3.44. The molecule has 29 heavy (non-hydrogen) atoms. The first kappa shape index (κ1) is 18.7. The van der Waals surface area contributed by atoms with Gasteiger partial charge in [0.2, 0.25) is 0 Å². The largest absolute Gasteiger partial charge is 0.508 e. The van der Waals surface area contributed by atoms with Crippen LogP contribution in [-0.2, 0) is 22.0 Å². The molecule has 5 rings (SSSR count). The minimum absolute atomic E-state index is 0.0698. The maximum atomic E-state index is 12.2. The lowest BCUT2D eigenvalue weighted by molar-refractivity contribution is -0.140. The van der Waals surface area contributed by atoms with Gasteiger partial charge in [0.05, 0.1) is 5.41 Å². The quantitative estimate of drug-likeness (QED) is 0.828. The number of piperidine rings is 1. The summed E-state index contributed by atoms with van der Waals surface area (Å²) in [6.07, 6.45) is 2.75. The number of carbonyl (C=O) groups is 1.